The number of carbonyl (C=O) groups is 1. The number of nitrogens with zero attached hydrogens (tertiary/aromatic N) is 5. The molecule has 134 valence electrons. The summed E-state index contributed by atoms with van der Waals surface area (Å²) >= 11 is 0. The average Bonchev–Trinajstić information content (AvgIpc) is 3.06. The molecule has 3 aromatic heterocycles. The normalized spacial score (nSPS) is 17.7. The van der Waals surface area contributed by atoms with Crippen molar-refractivity contribution in [3.05, 3.63) is 60.3 Å². The van der Waals surface area contributed by atoms with E-state index in [1.165, 1.54) is 0 Å². The summed E-state index contributed by atoms with van der Waals surface area (Å²) in [5.74, 6) is 0.0711. The van der Waals surface area contributed by atoms with E-state index in [4.69, 9.17) is 0 Å². The minimum absolute atomic E-state index is 0.0711. The van der Waals surface area contributed by atoms with Crippen molar-refractivity contribution in [1.82, 2.24) is 19.3 Å². The van der Waals surface area contributed by atoms with Crippen LogP contribution in [0.2, 0.25) is 0 Å². The third-order valence-electron chi connectivity index (χ3n) is 5.05. The molecule has 0 aromatic carbocycles. The molecule has 4 heterocycles. The monoisotopic (exact) mass is 349 g/mol. The lowest BCUT2D eigenvalue weighted by atomic mass is 10.1. The predicted octanol–water partition coefficient (Wildman–Crippen LogP) is 2.64. The van der Waals surface area contributed by atoms with Crippen LogP contribution in [0.25, 0.3) is 5.65 Å². The molecule has 0 aliphatic carbocycles. The van der Waals surface area contributed by atoms with Crippen LogP contribution in [-0.4, -0.2) is 50.9 Å². The second-order valence-electron chi connectivity index (χ2n) is 6.69. The van der Waals surface area contributed by atoms with Crippen molar-refractivity contribution >= 4 is 17.2 Å². The van der Waals surface area contributed by atoms with Crippen molar-refractivity contribution in [2.75, 3.05) is 24.5 Å². The summed E-state index contributed by atoms with van der Waals surface area (Å²) in [5.41, 5.74) is 3.55. The number of aromatic nitrogens is 3. The number of aryl methyl sites for hydroxylation is 1. The molecule has 1 aliphatic heterocycles. The van der Waals surface area contributed by atoms with Crippen molar-refractivity contribution in [2.24, 2.45) is 0 Å². The molecule has 3 aromatic rings. The summed E-state index contributed by atoms with van der Waals surface area (Å²) in [6.45, 7) is 6.42. The van der Waals surface area contributed by atoms with Gasteiger partial charge in [0.15, 0.2) is 0 Å². The zero-order valence-electron chi connectivity index (χ0n) is 15.2. The quantitative estimate of drug-likeness (QED) is 0.729. The van der Waals surface area contributed by atoms with Gasteiger partial charge in [0, 0.05) is 50.0 Å². The predicted molar refractivity (Wildman–Crippen MR) is 102 cm³/mol. The van der Waals surface area contributed by atoms with Crippen LogP contribution in [0.5, 0.6) is 0 Å². The number of pyridine rings is 2. The molecule has 0 N–H and O–H groups in total. The zero-order valence-corrected chi connectivity index (χ0v) is 15.2. The molecular formula is C20H23N5O. The number of hydrogen-bond donors (Lipinski definition) is 0. The largest absolute Gasteiger partial charge is 0.365 e. The van der Waals surface area contributed by atoms with Crippen molar-refractivity contribution < 1.29 is 4.79 Å². The Hall–Kier alpha value is -2.89. The lowest BCUT2D eigenvalue weighted by Gasteiger charge is -2.41. The maximum Gasteiger partial charge on any atom is 0.272 e. The van der Waals surface area contributed by atoms with Gasteiger partial charge in [0.25, 0.3) is 5.91 Å². The van der Waals surface area contributed by atoms with Crippen molar-refractivity contribution in [2.45, 2.75) is 26.3 Å². The number of rotatable bonds is 3. The van der Waals surface area contributed by atoms with Crippen molar-refractivity contribution in [3.63, 3.8) is 0 Å². The standard InChI is InChI=1S/C20H23N5O/c1-3-17-19(25-11-5-4-6-18(25)22-17)20(26)23-12-13-24(15(2)14-23)16-7-9-21-10-8-16/h4-11,15H,3,12-14H2,1-2H3. The van der Waals surface area contributed by atoms with Gasteiger partial charge in [0.2, 0.25) is 0 Å². The molecular weight excluding hydrogens is 326 g/mol. The highest BCUT2D eigenvalue weighted by Crippen LogP contribution is 2.22. The van der Waals surface area contributed by atoms with Gasteiger partial charge in [-0.05, 0) is 37.6 Å². The van der Waals surface area contributed by atoms with Crippen LogP contribution in [0, 0.1) is 0 Å². The molecule has 26 heavy (non-hydrogen) atoms. The smallest absolute Gasteiger partial charge is 0.272 e. The van der Waals surface area contributed by atoms with Crippen LogP contribution in [-0.2, 0) is 6.42 Å². The third kappa shape index (κ3) is 2.81. The highest BCUT2D eigenvalue weighted by Gasteiger charge is 2.30. The number of piperazine rings is 1. The topological polar surface area (TPSA) is 53.7 Å². The van der Waals surface area contributed by atoms with Crippen LogP contribution in [0.4, 0.5) is 5.69 Å². The van der Waals surface area contributed by atoms with Gasteiger partial charge < -0.3 is 9.80 Å². The Morgan fingerprint density at radius 3 is 2.73 bits per heavy atom. The summed E-state index contributed by atoms with van der Waals surface area (Å²) in [7, 11) is 0. The number of carbonyl (C=O) groups excluding carboxylic acids is 1. The number of fused-ring (bicyclic) bond motifs is 1. The number of hydrogen-bond acceptors (Lipinski definition) is 4. The van der Waals surface area contributed by atoms with Gasteiger partial charge >= 0.3 is 0 Å². The van der Waals surface area contributed by atoms with E-state index < -0.39 is 0 Å². The van der Waals surface area contributed by atoms with E-state index in [2.05, 4.69) is 21.8 Å². The molecule has 6 nitrogen and oxygen atoms in total. The SMILES string of the molecule is CCc1nc2ccccn2c1C(=O)N1CCN(c2ccncc2)C(C)C1. The summed E-state index contributed by atoms with van der Waals surface area (Å²) in [6, 6.07) is 10.1. The van der Waals surface area contributed by atoms with Gasteiger partial charge in [-0.1, -0.05) is 13.0 Å². The van der Waals surface area contributed by atoms with Crippen LogP contribution >= 0.6 is 0 Å². The molecule has 0 spiro atoms. The fourth-order valence-electron chi connectivity index (χ4n) is 3.73. The molecule has 6 heteroatoms. The Morgan fingerprint density at radius 2 is 2.00 bits per heavy atom. The first-order valence-electron chi connectivity index (χ1n) is 9.11. The minimum atomic E-state index is 0.0711. The van der Waals surface area contributed by atoms with Gasteiger partial charge in [-0.15, -0.1) is 0 Å². The maximum absolute atomic E-state index is 13.3. The lowest BCUT2D eigenvalue weighted by Crippen LogP contribution is -2.54. The van der Waals surface area contributed by atoms with E-state index in [-0.39, 0.29) is 11.9 Å². The van der Waals surface area contributed by atoms with Crippen LogP contribution in [0.3, 0.4) is 0 Å². The summed E-state index contributed by atoms with van der Waals surface area (Å²) in [6.07, 6.45) is 6.29. The number of imidazole rings is 1. The third-order valence-corrected chi connectivity index (χ3v) is 5.05. The first kappa shape index (κ1) is 16.6. The first-order chi connectivity index (χ1) is 12.7. The van der Waals surface area contributed by atoms with E-state index in [0.29, 0.717) is 18.8 Å². The van der Waals surface area contributed by atoms with Crippen molar-refractivity contribution in [1.29, 1.82) is 0 Å². The lowest BCUT2D eigenvalue weighted by molar-refractivity contribution is 0.0718. The average molecular weight is 349 g/mol. The van der Waals surface area contributed by atoms with E-state index in [1.807, 2.05) is 65.1 Å². The molecule has 4 rings (SSSR count). The van der Waals surface area contributed by atoms with Gasteiger partial charge in [0.1, 0.15) is 11.3 Å². The first-order valence-corrected chi connectivity index (χ1v) is 9.11. The summed E-state index contributed by atoms with van der Waals surface area (Å²) < 4.78 is 1.92. The summed E-state index contributed by atoms with van der Waals surface area (Å²) in [5, 5.41) is 0. The molecule has 0 radical (unpaired) electrons. The molecule has 1 fully saturated rings. The van der Waals surface area contributed by atoms with Crippen LogP contribution in [0.1, 0.15) is 30.0 Å². The van der Waals surface area contributed by atoms with Gasteiger partial charge in [-0.3, -0.25) is 14.2 Å². The van der Waals surface area contributed by atoms with Gasteiger partial charge in [-0.2, -0.15) is 0 Å². The Bertz CT molecular complexity index is 920. The molecule has 0 bridgehead atoms. The molecule has 1 saturated heterocycles. The Balaban J connectivity index is 1.59. The highest BCUT2D eigenvalue weighted by molar-refractivity contribution is 5.95. The van der Waals surface area contributed by atoms with Gasteiger partial charge in [0.05, 0.1) is 5.69 Å². The Labute approximate surface area is 153 Å². The van der Waals surface area contributed by atoms with Crippen molar-refractivity contribution in [3.8, 4) is 0 Å². The second kappa shape index (κ2) is 6.78. The van der Waals surface area contributed by atoms with E-state index in [9.17, 15) is 4.79 Å². The van der Waals surface area contributed by atoms with Gasteiger partial charge in [-0.25, -0.2) is 4.98 Å². The molecule has 0 saturated carbocycles. The zero-order chi connectivity index (χ0) is 18.1. The maximum atomic E-state index is 13.3. The molecule has 1 unspecified atom stereocenters. The Kier molecular flexibility index (Phi) is 4.32. The Morgan fingerprint density at radius 1 is 1.19 bits per heavy atom. The molecule has 1 amide bonds. The van der Waals surface area contributed by atoms with E-state index in [1.54, 1.807) is 0 Å². The fraction of sp³-hybridized carbons (Fsp3) is 0.350. The number of anilines is 1. The second-order valence-corrected chi connectivity index (χ2v) is 6.69. The minimum Gasteiger partial charge on any atom is -0.365 e. The summed E-state index contributed by atoms with van der Waals surface area (Å²) in [4.78, 5) is 26.3. The van der Waals surface area contributed by atoms with Crippen LogP contribution < -0.4 is 4.90 Å². The molecule has 1 atom stereocenters. The highest BCUT2D eigenvalue weighted by atomic mass is 16.2. The fourth-order valence-corrected chi connectivity index (χ4v) is 3.73. The van der Waals surface area contributed by atoms with Crippen LogP contribution in [0.15, 0.2) is 48.9 Å². The van der Waals surface area contributed by atoms with E-state index >= 15 is 0 Å². The number of amides is 1. The molecule has 1 aliphatic rings. The van der Waals surface area contributed by atoms with E-state index in [0.717, 1.165) is 30.0 Å².